The van der Waals surface area contributed by atoms with E-state index in [1.165, 1.54) is 6.26 Å². The second kappa shape index (κ2) is 19.7. The van der Waals surface area contributed by atoms with E-state index >= 15 is 0 Å². The van der Waals surface area contributed by atoms with Crippen molar-refractivity contribution in [2.75, 3.05) is 32.7 Å². The summed E-state index contributed by atoms with van der Waals surface area (Å²) in [5, 5.41) is 9.81. The van der Waals surface area contributed by atoms with Crippen LogP contribution in [-0.2, 0) is 37.5 Å². The van der Waals surface area contributed by atoms with Crippen molar-refractivity contribution in [3.63, 3.8) is 0 Å². The Morgan fingerprint density at radius 1 is 0.885 bits per heavy atom. The van der Waals surface area contributed by atoms with Crippen LogP contribution in [0.2, 0.25) is 0 Å². The van der Waals surface area contributed by atoms with E-state index in [4.69, 9.17) is 13.9 Å². The number of H-pyrrole nitrogens is 2. The molecule has 0 spiro atoms. The minimum atomic E-state index is -1.19. The van der Waals surface area contributed by atoms with E-state index in [0.29, 0.717) is 63.5 Å². The molecule has 1 aliphatic heterocycles. The van der Waals surface area contributed by atoms with Gasteiger partial charge in [-0.15, -0.1) is 0 Å². The van der Waals surface area contributed by atoms with Gasteiger partial charge in [0.15, 0.2) is 5.76 Å². The number of rotatable bonds is 16. The molecule has 16 heteroatoms. The summed E-state index contributed by atoms with van der Waals surface area (Å²) in [6, 6.07) is 18.7. The molecule has 5 amide bonds. The zero-order chi connectivity index (χ0) is 43.6. The maximum atomic E-state index is 14.1. The van der Waals surface area contributed by atoms with Crippen molar-refractivity contribution < 1.29 is 40.7 Å². The average Bonchev–Trinajstić information content (AvgIpc) is 4.05. The van der Waals surface area contributed by atoms with Gasteiger partial charge in [-0.3, -0.25) is 9.59 Å². The topological polar surface area (TPSA) is 204 Å². The van der Waals surface area contributed by atoms with E-state index in [1.54, 1.807) is 62.7 Å². The summed E-state index contributed by atoms with van der Waals surface area (Å²) in [6.07, 6.45) is 6.10. The highest BCUT2D eigenvalue weighted by Crippen LogP contribution is 2.28. The van der Waals surface area contributed by atoms with Gasteiger partial charge in [-0.05, 0) is 83.2 Å². The van der Waals surface area contributed by atoms with Crippen LogP contribution in [0.5, 0.6) is 0 Å². The molecule has 0 radical (unpaired) electrons. The number of piperazine rings is 1. The van der Waals surface area contributed by atoms with Gasteiger partial charge in [0.25, 0.3) is 5.91 Å². The molecule has 6 rings (SSSR count). The second-order valence-electron chi connectivity index (χ2n) is 16.7. The molecule has 2 aromatic carbocycles. The third kappa shape index (κ3) is 11.8. The molecule has 0 unspecified atom stereocenters. The van der Waals surface area contributed by atoms with Crippen molar-refractivity contribution in [2.45, 2.75) is 90.0 Å². The molecule has 61 heavy (non-hydrogen) atoms. The summed E-state index contributed by atoms with van der Waals surface area (Å²) in [7, 11) is 0. The normalized spacial score (nSPS) is 14.2. The minimum Gasteiger partial charge on any atom is -0.459 e. The number of amides is 5. The minimum absolute atomic E-state index is 0. The van der Waals surface area contributed by atoms with E-state index in [1.807, 2.05) is 60.8 Å². The molecule has 1 fully saturated rings. The number of para-hydroxylation sites is 1. The molecular formula is C45H60N8O8. The number of nitrogens with zero attached hydrogens (tertiary/aromatic N) is 3. The van der Waals surface area contributed by atoms with Gasteiger partial charge in [0, 0.05) is 71.0 Å². The van der Waals surface area contributed by atoms with E-state index in [9.17, 15) is 24.0 Å². The Morgan fingerprint density at radius 2 is 1.61 bits per heavy atom. The maximum Gasteiger partial charge on any atom is 0.407 e. The largest absolute Gasteiger partial charge is 0.459 e. The highest BCUT2D eigenvalue weighted by Gasteiger charge is 2.37. The zero-order valence-electron chi connectivity index (χ0n) is 35.4. The number of hydrogen-bond donors (Lipinski definition) is 5. The van der Waals surface area contributed by atoms with Gasteiger partial charge in [0.2, 0.25) is 5.91 Å². The predicted molar refractivity (Wildman–Crippen MR) is 232 cm³/mol. The number of aromatic amines is 2. The van der Waals surface area contributed by atoms with Gasteiger partial charge < -0.3 is 49.6 Å². The molecule has 0 bridgehead atoms. The Kier molecular flexibility index (Phi) is 14.2. The number of urea groups is 1. The average molecular weight is 841 g/mol. The number of fused-ring (bicyclic) bond motifs is 1. The number of hydrogen-bond acceptors (Lipinski definition) is 9. The number of unbranched alkanes of at least 4 members (excludes halogenated alkanes) is 1. The highest BCUT2D eigenvalue weighted by molar-refractivity contribution is 5.92. The predicted octanol–water partition coefficient (Wildman–Crippen LogP) is 6.63. The lowest BCUT2D eigenvalue weighted by Crippen LogP contribution is -2.53. The molecular weight excluding hydrogens is 781 g/mol. The summed E-state index contributed by atoms with van der Waals surface area (Å²) in [6.45, 7) is 10.6. The van der Waals surface area contributed by atoms with Gasteiger partial charge in [-0.2, -0.15) is 0 Å². The SMILES string of the molecule is CC(C)(C)OC(=O)[C@@H](CCCCNC(=O)OCc1ccccc1)NC(=O)C(C)(C)c1cnc([C@@H](Cc2c[nH]c3ccccc23)NC(=O)N2CCN(C(=O)c3ccco3)CC2)[nH]1.[HH].[HH]. The lowest BCUT2D eigenvalue weighted by atomic mass is 9.88. The fraction of sp³-hybridized carbons (Fsp3) is 0.422. The molecule has 4 heterocycles. The third-order valence-corrected chi connectivity index (χ3v) is 10.5. The van der Waals surface area contributed by atoms with Crippen LogP contribution < -0.4 is 16.0 Å². The van der Waals surface area contributed by atoms with Crippen LogP contribution in [0.25, 0.3) is 10.9 Å². The lowest BCUT2D eigenvalue weighted by molar-refractivity contribution is -0.159. The number of nitrogens with one attached hydrogen (secondary N) is 5. The first-order valence-corrected chi connectivity index (χ1v) is 20.6. The fourth-order valence-electron chi connectivity index (χ4n) is 7.00. The number of carbonyl (C=O) groups excluding carboxylic acids is 5. The molecule has 0 saturated carbocycles. The van der Waals surface area contributed by atoms with E-state index in [2.05, 4.69) is 30.9 Å². The smallest absolute Gasteiger partial charge is 0.407 e. The van der Waals surface area contributed by atoms with Crippen LogP contribution in [0.15, 0.2) is 89.8 Å². The van der Waals surface area contributed by atoms with Gasteiger partial charge in [0.1, 0.15) is 24.1 Å². The fourth-order valence-corrected chi connectivity index (χ4v) is 7.00. The first kappa shape index (κ1) is 44.0. The standard InChI is InChI=1S/C45H56N8O8.2H2/c1-44(2,3)61-40(55)34(18-11-12-20-46-43(58)60-29-30-14-7-6-8-15-30)49-41(56)45(4,5)37-28-48-38(51-37)35(26-31-27-47-33-17-10-9-16-32(31)33)50-42(57)53-23-21-52(22-24-53)39(54)36-19-13-25-59-36;;/h6-10,13-17,19,25,27-28,34-35,47H,11-12,18,20-24,26,29H2,1-5H3,(H,46,58)(H,48,51)(H,49,56)(H,50,57);2*1H/t34-,35-;;/m1../s1. The molecule has 328 valence electrons. The molecule has 3 aromatic heterocycles. The Morgan fingerprint density at radius 3 is 2.33 bits per heavy atom. The van der Waals surface area contributed by atoms with Crippen molar-refractivity contribution in [3.05, 3.63) is 114 Å². The first-order chi connectivity index (χ1) is 29.2. The Labute approximate surface area is 358 Å². The monoisotopic (exact) mass is 840 g/mol. The Hall–Kier alpha value is -6.58. The lowest BCUT2D eigenvalue weighted by Gasteiger charge is -2.35. The summed E-state index contributed by atoms with van der Waals surface area (Å²) in [4.78, 5) is 81.0. The van der Waals surface area contributed by atoms with Crippen molar-refractivity contribution in [1.29, 1.82) is 0 Å². The van der Waals surface area contributed by atoms with Gasteiger partial charge >= 0.3 is 18.1 Å². The number of esters is 1. The Balaban J connectivity index is 0.00000436. The van der Waals surface area contributed by atoms with Crippen LogP contribution in [0.4, 0.5) is 9.59 Å². The third-order valence-electron chi connectivity index (χ3n) is 10.5. The Bertz CT molecular complexity index is 2260. The number of furan rings is 1. The molecule has 16 nitrogen and oxygen atoms in total. The van der Waals surface area contributed by atoms with E-state index in [-0.39, 0.29) is 33.6 Å². The summed E-state index contributed by atoms with van der Waals surface area (Å²) in [5.74, 6) is -0.517. The van der Waals surface area contributed by atoms with Crippen molar-refractivity contribution in [2.24, 2.45) is 0 Å². The van der Waals surface area contributed by atoms with Crippen LogP contribution in [-0.4, -0.2) is 99.0 Å². The molecule has 5 N–H and O–H groups in total. The van der Waals surface area contributed by atoms with Crippen LogP contribution >= 0.6 is 0 Å². The van der Waals surface area contributed by atoms with E-state index in [0.717, 1.165) is 22.0 Å². The first-order valence-electron chi connectivity index (χ1n) is 20.6. The van der Waals surface area contributed by atoms with Crippen LogP contribution in [0.1, 0.15) is 96.0 Å². The quantitative estimate of drug-likeness (QED) is 0.0534. The maximum absolute atomic E-state index is 14.1. The molecule has 1 saturated heterocycles. The van der Waals surface area contributed by atoms with Gasteiger partial charge in [-0.1, -0.05) is 48.5 Å². The number of benzene rings is 2. The molecule has 5 aromatic rings. The van der Waals surface area contributed by atoms with Crippen LogP contribution in [0.3, 0.4) is 0 Å². The summed E-state index contributed by atoms with van der Waals surface area (Å²) >= 11 is 0. The molecule has 0 aliphatic carbocycles. The molecule has 2 atom stereocenters. The summed E-state index contributed by atoms with van der Waals surface area (Å²) in [5.41, 5.74) is 1.29. The van der Waals surface area contributed by atoms with Crippen molar-refractivity contribution in [1.82, 2.24) is 40.7 Å². The van der Waals surface area contributed by atoms with Crippen LogP contribution in [0, 0.1) is 0 Å². The van der Waals surface area contributed by atoms with Gasteiger partial charge in [0.05, 0.1) is 17.7 Å². The number of carbonyl (C=O) groups is 5. The molecule has 1 aliphatic rings. The zero-order valence-corrected chi connectivity index (χ0v) is 35.4. The summed E-state index contributed by atoms with van der Waals surface area (Å²) < 4.78 is 16.3. The number of ether oxygens (including phenoxy) is 2. The number of alkyl carbamates (subject to hydrolysis) is 1. The number of aromatic nitrogens is 3. The van der Waals surface area contributed by atoms with Crippen molar-refractivity contribution >= 4 is 40.8 Å². The number of imidazole rings is 1. The van der Waals surface area contributed by atoms with Gasteiger partial charge in [-0.25, -0.2) is 19.4 Å². The second-order valence-corrected chi connectivity index (χ2v) is 16.7. The highest BCUT2D eigenvalue weighted by atomic mass is 16.6. The van der Waals surface area contributed by atoms with E-state index < -0.39 is 41.1 Å². The van der Waals surface area contributed by atoms with Crippen molar-refractivity contribution in [3.8, 4) is 0 Å².